The highest BCUT2D eigenvalue weighted by Gasteiger charge is 2.28. The highest BCUT2D eigenvalue weighted by Crippen LogP contribution is 2.11. The van der Waals surface area contributed by atoms with Gasteiger partial charge in [0.05, 0.1) is 5.70 Å². The molecular weight excluding hydrogens is 434 g/mol. The summed E-state index contributed by atoms with van der Waals surface area (Å²) in [6, 6.07) is 7.52. The molecule has 8 heteroatoms. The number of alkyl carbamates (subject to hydrolysis) is 1. The van der Waals surface area contributed by atoms with Crippen molar-refractivity contribution in [2.45, 2.75) is 79.5 Å². The molecule has 0 spiro atoms. The zero-order chi connectivity index (χ0) is 25.7. The third-order valence-electron chi connectivity index (χ3n) is 5.11. The molecule has 8 nitrogen and oxygen atoms in total. The van der Waals surface area contributed by atoms with Gasteiger partial charge in [0.2, 0.25) is 11.8 Å². The van der Waals surface area contributed by atoms with Gasteiger partial charge in [0.1, 0.15) is 18.7 Å². The van der Waals surface area contributed by atoms with Gasteiger partial charge in [-0.15, -0.1) is 0 Å². The van der Waals surface area contributed by atoms with Crippen LogP contribution in [0, 0.1) is 11.8 Å². The van der Waals surface area contributed by atoms with E-state index >= 15 is 0 Å². The van der Waals surface area contributed by atoms with E-state index in [9.17, 15) is 19.2 Å². The second-order valence-electron chi connectivity index (χ2n) is 9.44. The SMILES string of the molecule is CC(C)=C(C=O)NC(=O)C(CCC(C)C)NC(=O)[C@H](CC(C)C)NC(=O)OCc1ccccc1. The van der Waals surface area contributed by atoms with Gasteiger partial charge in [-0.05, 0) is 56.1 Å². The van der Waals surface area contributed by atoms with Crippen LogP contribution in [0.3, 0.4) is 0 Å². The van der Waals surface area contributed by atoms with Crippen LogP contribution in [0.15, 0.2) is 41.6 Å². The number of benzene rings is 1. The van der Waals surface area contributed by atoms with Crippen LogP contribution >= 0.6 is 0 Å². The van der Waals surface area contributed by atoms with Crippen molar-refractivity contribution >= 4 is 24.2 Å². The van der Waals surface area contributed by atoms with Crippen LogP contribution in [-0.4, -0.2) is 36.3 Å². The topological polar surface area (TPSA) is 114 Å². The first kappa shape index (κ1) is 28.9. The first-order valence-electron chi connectivity index (χ1n) is 11.7. The van der Waals surface area contributed by atoms with E-state index in [0.29, 0.717) is 37.0 Å². The Morgan fingerprint density at radius 1 is 0.882 bits per heavy atom. The van der Waals surface area contributed by atoms with Crippen LogP contribution in [0.25, 0.3) is 0 Å². The molecule has 3 amide bonds. The normalized spacial score (nSPS) is 12.5. The molecule has 3 N–H and O–H groups in total. The molecular formula is C26H39N3O5. The fourth-order valence-corrected chi connectivity index (χ4v) is 3.14. The monoisotopic (exact) mass is 473 g/mol. The van der Waals surface area contributed by atoms with Crippen molar-refractivity contribution in [3.63, 3.8) is 0 Å². The summed E-state index contributed by atoms with van der Waals surface area (Å²) < 4.78 is 5.26. The summed E-state index contributed by atoms with van der Waals surface area (Å²) in [7, 11) is 0. The molecule has 2 atom stereocenters. The van der Waals surface area contributed by atoms with Crippen molar-refractivity contribution in [1.29, 1.82) is 0 Å². The third kappa shape index (κ3) is 11.1. The van der Waals surface area contributed by atoms with E-state index in [1.54, 1.807) is 13.8 Å². The number of amides is 3. The number of carbonyl (C=O) groups is 4. The molecule has 1 rings (SSSR count). The van der Waals surface area contributed by atoms with Crippen molar-refractivity contribution < 1.29 is 23.9 Å². The number of hydrogen-bond donors (Lipinski definition) is 3. The van der Waals surface area contributed by atoms with E-state index in [-0.39, 0.29) is 18.2 Å². The second-order valence-corrected chi connectivity index (χ2v) is 9.44. The highest BCUT2D eigenvalue weighted by molar-refractivity contribution is 5.94. The molecule has 0 fully saturated rings. The Bertz CT molecular complexity index is 845. The minimum atomic E-state index is -0.869. The summed E-state index contributed by atoms with van der Waals surface area (Å²) in [5.41, 5.74) is 1.67. The molecule has 0 bridgehead atoms. The molecule has 0 saturated heterocycles. The van der Waals surface area contributed by atoms with Crippen LogP contribution in [-0.2, 0) is 25.7 Å². The van der Waals surface area contributed by atoms with Gasteiger partial charge in [0, 0.05) is 0 Å². The molecule has 1 aromatic rings. The van der Waals surface area contributed by atoms with Gasteiger partial charge >= 0.3 is 6.09 Å². The summed E-state index contributed by atoms with van der Waals surface area (Å²) >= 11 is 0. The molecule has 0 aliphatic heterocycles. The zero-order valence-electron chi connectivity index (χ0n) is 21.1. The van der Waals surface area contributed by atoms with Gasteiger partial charge < -0.3 is 20.7 Å². The average Bonchev–Trinajstić information content (AvgIpc) is 2.78. The third-order valence-corrected chi connectivity index (χ3v) is 5.11. The maximum Gasteiger partial charge on any atom is 0.408 e. The summed E-state index contributed by atoms with van der Waals surface area (Å²) in [4.78, 5) is 49.6. The molecule has 0 radical (unpaired) electrons. The Balaban J connectivity index is 2.90. The smallest absolute Gasteiger partial charge is 0.408 e. The lowest BCUT2D eigenvalue weighted by Crippen LogP contribution is -2.54. The van der Waals surface area contributed by atoms with E-state index in [2.05, 4.69) is 16.0 Å². The van der Waals surface area contributed by atoms with Gasteiger partial charge in [-0.3, -0.25) is 14.4 Å². The van der Waals surface area contributed by atoms with Gasteiger partial charge in [-0.25, -0.2) is 4.79 Å². The molecule has 1 unspecified atom stereocenters. The predicted molar refractivity (Wildman–Crippen MR) is 132 cm³/mol. The van der Waals surface area contributed by atoms with Gasteiger partial charge in [0.25, 0.3) is 0 Å². The Hall–Kier alpha value is -3.16. The molecule has 0 aliphatic carbocycles. The molecule has 0 aliphatic rings. The van der Waals surface area contributed by atoms with Crippen LogP contribution in [0.2, 0.25) is 0 Å². The second kappa shape index (κ2) is 14.9. The molecule has 0 aromatic heterocycles. The minimum absolute atomic E-state index is 0.0826. The minimum Gasteiger partial charge on any atom is -0.445 e. The lowest BCUT2D eigenvalue weighted by Gasteiger charge is -2.24. The fraction of sp³-hybridized carbons (Fsp3) is 0.538. The molecule has 0 saturated carbocycles. The van der Waals surface area contributed by atoms with Crippen LogP contribution in [0.5, 0.6) is 0 Å². The first-order chi connectivity index (χ1) is 16.0. The van der Waals surface area contributed by atoms with Crippen molar-refractivity contribution in [3.8, 4) is 0 Å². The van der Waals surface area contributed by atoms with E-state index in [1.165, 1.54) is 0 Å². The van der Waals surface area contributed by atoms with E-state index < -0.39 is 30.0 Å². The number of carbonyl (C=O) groups excluding carboxylic acids is 4. The molecule has 34 heavy (non-hydrogen) atoms. The van der Waals surface area contributed by atoms with E-state index in [1.807, 2.05) is 58.0 Å². The summed E-state index contributed by atoms with van der Waals surface area (Å²) in [6.07, 6.45) is 1.35. The standard InChI is InChI=1S/C26H39N3O5/c1-17(2)12-13-21(24(31)28-23(15-30)19(5)6)27-25(32)22(14-18(3)4)29-26(33)34-16-20-10-8-7-9-11-20/h7-11,15,17-18,21-22H,12-14,16H2,1-6H3,(H,27,32)(H,28,31)(H,29,33)/t21?,22-/m0/s1. The summed E-state index contributed by atoms with van der Waals surface area (Å²) in [6.45, 7) is 11.4. The fourth-order valence-electron chi connectivity index (χ4n) is 3.14. The number of allylic oxidation sites excluding steroid dienone is 2. The zero-order valence-corrected chi connectivity index (χ0v) is 21.1. The number of aldehydes is 1. The first-order valence-corrected chi connectivity index (χ1v) is 11.7. The number of rotatable bonds is 13. The highest BCUT2D eigenvalue weighted by atomic mass is 16.5. The maximum atomic E-state index is 13.1. The molecule has 188 valence electrons. The Kier molecular flexibility index (Phi) is 12.6. The Labute approximate surface area is 202 Å². The van der Waals surface area contributed by atoms with Gasteiger partial charge in [-0.2, -0.15) is 0 Å². The Morgan fingerprint density at radius 2 is 1.53 bits per heavy atom. The number of ether oxygens (including phenoxy) is 1. The summed E-state index contributed by atoms with van der Waals surface area (Å²) in [5.74, 6) is -0.509. The molecule has 0 heterocycles. The Morgan fingerprint density at radius 3 is 2.06 bits per heavy atom. The molecule has 1 aromatic carbocycles. The predicted octanol–water partition coefficient (Wildman–Crippen LogP) is 3.86. The van der Waals surface area contributed by atoms with E-state index in [0.717, 1.165) is 5.56 Å². The van der Waals surface area contributed by atoms with Crippen molar-refractivity contribution in [1.82, 2.24) is 16.0 Å². The largest absolute Gasteiger partial charge is 0.445 e. The maximum absolute atomic E-state index is 13.1. The number of hydrogen-bond acceptors (Lipinski definition) is 5. The van der Waals surface area contributed by atoms with Crippen molar-refractivity contribution in [2.75, 3.05) is 0 Å². The average molecular weight is 474 g/mol. The quantitative estimate of drug-likeness (QED) is 0.297. The lowest BCUT2D eigenvalue weighted by atomic mass is 10.00. The van der Waals surface area contributed by atoms with Crippen LogP contribution < -0.4 is 16.0 Å². The van der Waals surface area contributed by atoms with Crippen molar-refractivity contribution in [2.24, 2.45) is 11.8 Å². The lowest BCUT2D eigenvalue weighted by molar-refractivity contribution is -0.130. The van der Waals surface area contributed by atoms with Gasteiger partial charge in [0.15, 0.2) is 6.29 Å². The van der Waals surface area contributed by atoms with Crippen LogP contribution in [0.1, 0.15) is 66.4 Å². The van der Waals surface area contributed by atoms with Gasteiger partial charge in [-0.1, -0.05) is 58.0 Å². The van der Waals surface area contributed by atoms with Crippen LogP contribution in [0.4, 0.5) is 4.79 Å². The summed E-state index contributed by atoms with van der Waals surface area (Å²) in [5, 5.41) is 7.99. The van der Waals surface area contributed by atoms with Crippen molar-refractivity contribution in [3.05, 3.63) is 47.2 Å². The number of nitrogens with one attached hydrogen (secondary N) is 3. The van der Waals surface area contributed by atoms with E-state index in [4.69, 9.17) is 4.74 Å².